The number of aryl methyl sites for hydroxylation is 1. The van der Waals surface area contributed by atoms with Gasteiger partial charge in [0, 0.05) is 11.1 Å². The number of nitrogens with one attached hydrogen (secondary N) is 1. The van der Waals surface area contributed by atoms with Gasteiger partial charge in [-0.3, -0.25) is 4.79 Å². The molecule has 0 aliphatic rings. The summed E-state index contributed by atoms with van der Waals surface area (Å²) in [7, 11) is 0. The van der Waals surface area contributed by atoms with Crippen molar-refractivity contribution in [1.82, 2.24) is 15.5 Å². The van der Waals surface area contributed by atoms with Crippen molar-refractivity contribution in [2.45, 2.75) is 13.0 Å². The van der Waals surface area contributed by atoms with Gasteiger partial charge >= 0.3 is 0 Å². The quantitative estimate of drug-likeness (QED) is 0.748. The topological polar surface area (TPSA) is 101 Å². The fourth-order valence-electron chi connectivity index (χ4n) is 2.05. The number of aliphatic hydroxyl groups is 1. The van der Waals surface area contributed by atoms with Gasteiger partial charge in [0.2, 0.25) is 0 Å². The number of aromatic nitrogens is 2. The van der Waals surface area contributed by atoms with E-state index in [2.05, 4.69) is 15.5 Å². The van der Waals surface area contributed by atoms with Crippen molar-refractivity contribution in [3.63, 3.8) is 0 Å². The van der Waals surface area contributed by atoms with Crippen LogP contribution in [0.1, 0.15) is 28.0 Å². The number of rotatable bonds is 5. The minimum atomic E-state index is -0.880. The summed E-state index contributed by atoms with van der Waals surface area (Å²) in [6, 6.07) is 10.1. The SMILES string of the molecule is Cc1noc(-c2ccc(C(=O)NCC(O)c3ccco3)cc2)n1. The van der Waals surface area contributed by atoms with E-state index >= 15 is 0 Å². The molecule has 1 amide bonds. The van der Waals surface area contributed by atoms with Crippen molar-refractivity contribution in [2.75, 3.05) is 6.54 Å². The van der Waals surface area contributed by atoms with Gasteiger partial charge < -0.3 is 19.4 Å². The Kier molecular flexibility index (Phi) is 4.20. The molecule has 0 saturated carbocycles. The van der Waals surface area contributed by atoms with Crippen LogP contribution < -0.4 is 5.32 Å². The zero-order valence-electron chi connectivity index (χ0n) is 12.4. The molecule has 118 valence electrons. The second-order valence-electron chi connectivity index (χ2n) is 4.97. The van der Waals surface area contributed by atoms with Crippen LogP contribution in [0.25, 0.3) is 11.5 Å². The van der Waals surface area contributed by atoms with Crippen LogP contribution in [-0.4, -0.2) is 27.7 Å². The maximum absolute atomic E-state index is 12.1. The minimum absolute atomic E-state index is 0.0664. The molecule has 0 fully saturated rings. The molecule has 0 radical (unpaired) electrons. The largest absolute Gasteiger partial charge is 0.467 e. The van der Waals surface area contributed by atoms with Gasteiger partial charge in [-0.05, 0) is 43.3 Å². The third kappa shape index (κ3) is 3.46. The second-order valence-corrected chi connectivity index (χ2v) is 4.97. The first-order chi connectivity index (χ1) is 11.1. The van der Waals surface area contributed by atoms with Crippen LogP contribution in [0.15, 0.2) is 51.6 Å². The number of hydrogen-bond donors (Lipinski definition) is 2. The fraction of sp³-hybridized carbons (Fsp3) is 0.188. The Labute approximate surface area is 131 Å². The molecule has 0 aliphatic carbocycles. The van der Waals surface area contributed by atoms with E-state index in [9.17, 15) is 9.90 Å². The first-order valence-corrected chi connectivity index (χ1v) is 7.04. The molecule has 3 rings (SSSR count). The molecule has 23 heavy (non-hydrogen) atoms. The van der Waals surface area contributed by atoms with Crippen LogP contribution in [0.5, 0.6) is 0 Å². The van der Waals surface area contributed by atoms with E-state index in [-0.39, 0.29) is 12.5 Å². The molecule has 7 heteroatoms. The Morgan fingerprint density at radius 3 is 2.70 bits per heavy atom. The van der Waals surface area contributed by atoms with Gasteiger partial charge in [0.1, 0.15) is 11.9 Å². The van der Waals surface area contributed by atoms with E-state index in [1.165, 1.54) is 6.26 Å². The molecule has 1 atom stereocenters. The molecular weight excluding hydrogens is 298 g/mol. The van der Waals surface area contributed by atoms with Crippen molar-refractivity contribution in [1.29, 1.82) is 0 Å². The summed E-state index contributed by atoms with van der Waals surface area (Å²) in [5, 5.41) is 16.2. The molecule has 1 unspecified atom stereocenters. The lowest BCUT2D eigenvalue weighted by Crippen LogP contribution is -2.28. The van der Waals surface area contributed by atoms with Crippen LogP contribution in [0.2, 0.25) is 0 Å². The molecule has 0 aliphatic heterocycles. The minimum Gasteiger partial charge on any atom is -0.467 e. The molecule has 0 saturated heterocycles. The van der Waals surface area contributed by atoms with Gasteiger partial charge in [0.05, 0.1) is 12.8 Å². The molecule has 2 heterocycles. The number of benzene rings is 1. The summed E-state index contributed by atoms with van der Waals surface area (Å²) in [4.78, 5) is 16.2. The van der Waals surface area contributed by atoms with Crippen LogP contribution >= 0.6 is 0 Å². The van der Waals surface area contributed by atoms with Gasteiger partial charge in [-0.25, -0.2) is 0 Å². The normalized spacial score (nSPS) is 12.1. The van der Waals surface area contributed by atoms with Crippen molar-refractivity contribution >= 4 is 5.91 Å². The van der Waals surface area contributed by atoms with Crippen molar-refractivity contribution < 1.29 is 18.8 Å². The highest BCUT2D eigenvalue weighted by molar-refractivity contribution is 5.94. The Balaban J connectivity index is 1.61. The number of furan rings is 1. The predicted octanol–water partition coefficient (Wildman–Crippen LogP) is 2.10. The van der Waals surface area contributed by atoms with Gasteiger partial charge in [-0.15, -0.1) is 0 Å². The Hall–Kier alpha value is -2.93. The zero-order chi connectivity index (χ0) is 16.2. The van der Waals surface area contributed by atoms with E-state index < -0.39 is 6.10 Å². The summed E-state index contributed by atoms with van der Waals surface area (Å²) >= 11 is 0. The number of carbonyl (C=O) groups excluding carboxylic acids is 1. The predicted molar refractivity (Wildman–Crippen MR) is 80.5 cm³/mol. The number of amides is 1. The lowest BCUT2D eigenvalue weighted by molar-refractivity contribution is 0.0901. The lowest BCUT2D eigenvalue weighted by atomic mass is 10.1. The molecule has 0 spiro atoms. The van der Waals surface area contributed by atoms with Gasteiger partial charge in [0.25, 0.3) is 11.8 Å². The number of hydrogen-bond acceptors (Lipinski definition) is 6. The molecule has 7 nitrogen and oxygen atoms in total. The van der Waals surface area contributed by atoms with Gasteiger partial charge in [0.15, 0.2) is 5.82 Å². The van der Waals surface area contributed by atoms with E-state index in [1.807, 2.05) is 0 Å². The molecule has 3 aromatic rings. The van der Waals surface area contributed by atoms with E-state index in [0.717, 1.165) is 5.56 Å². The highest BCUT2D eigenvalue weighted by Crippen LogP contribution is 2.18. The Bertz CT molecular complexity index is 778. The summed E-state index contributed by atoms with van der Waals surface area (Å²) in [6.07, 6.45) is 0.591. The summed E-state index contributed by atoms with van der Waals surface area (Å²) in [6.45, 7) is 1.80. The molecule has 1 aromatic carbocycles. The van der Waals surface area contributed by atoms with Crippen LogP contribution in [0.4, 0.5) is 0 Å². The highest BCUT2D eigenvalue weighted by atomic mass is 16.5. The average molecular weight is 313 g/mol. The number of nitrogens with zero attached hydrogens (tertiary/aromatic N) is 2. The van der Waals surface area contributed by atoms with Gasteiger partial charge in [-0.1, -0.05) is 5.16 Å². The van der Waals surface area contributed by atoms with Crippen LogP contribution in [0, 0.1) is 6.92 Å². The molecular formula is C16H15N3O4. The first-order valence-electron chi connectivity index (χ1n) is 7.04. The maximum Gasteiger partial charge on any atom is 0.257 e. The third-order valence-electron chi connectivity index (χ3n) is 3.25. The molecule has 0 bridgehead atoms. The van der Waals surface area contributed by atoms with Gasteiger partial charge in [-0.2, -0.15) is 4.98 Å². The molecule has 2 aromatic heterocycles. The fourth-order valence-corrected chi connectivity index (χ4v) is 2.05. The Morgan fingerprint density at radius 1 is 1.30 bits per heavy atom. The Morgan fingerprint density at radius 2 is 2.09 bits per heavy atom. The monoisotopic (exact) mass is 313 g/mol. The highest BCUT2D eigenvalue weighted by Gasteiger charge is 2.13. The maximum atomic E-state index is 12.1. The van der Waals surface area contributed by atoms with E-state index in [4.69, 9.17) is 8.94 Å². The number of aliphatic hydroxyl groups excluding tert-OH is 1. The van der Waals surface area contributed by atoms with Crippen LogP contribution in [0.3, 0.4) is 0 Å². The van der Waals surface area contributed by atoms with Crippen molar-refractivity contribution in [3.05, 3.63) is 59.8 Å². The smallest absolute Gasteiger partial charge is 0.257 e. The van der Waals surface area contributed by atoms with Crippen LogP contribution in [-0.2, 0) is 0 Å². The zero-order valence-corrected chi connectivity index (χ0v) is 12.4. The van der Waals surface area contributed by atoms with E-state index in [1.54, 1.807) is 43.3 Å². The molecule has 2 N–H and O–H groups in total. The standard InChI is InChI=1S/C16H15N3O4/c1-10-18-16(23-19-10)12-6-4-11(5-7-12)15(21)17-9-13(20)14-3-2-8-22-14/h2-8,13,20H,9H2,1H3,(H,17,21). The summed E-state index contributed by atoms with van der Waals surface area (Å²) in [5.41, 5.74) is 1.20. The average Bonchev–Trinajstić information content (AvgIpc) is 3.24. The lowest BCUT2D eigenvalue weighted by Gasteiger charge is -2.09. The van der Waals surface area contributed by atoms with Crippen molar-refractivity contribution in [2.24, 2.45) is 0 Å². The third-order valence-corrected chi connectivity index (χ3v) is 3.25. The number of carbonyl (C=O) groups is 1. The summed E-state index contributed by atoms with van der Waals surface area (Å²) in [5.74, 6) is 1.08. The van der Waals surface area contributed by atoms with Crippen molar-refractivity contribution in [3.8, 4) is 11.5 Å². The van der Waals surface area contributed by atoms with E-state index in [0.29, 0.717) is 23.0 Å². The first kappa shape index (κ1) is 15.0. The second kappa shape index (κ2) is 6.45. The summed E-state index contributed by atoms with van der Waals surface area (Å²) < 4.78 is 10.1.